The lowest BCUT2D eigenvalue weighted by atomic mass is 10.3. The summed E-state index contributed by atoms with van der Waals surface area (Å²) >= 11 is 5.91. The van der Waals surface area contributed by atoms with Gasteiger partial charge in [0.2, 0.25) is 5.89 Å². The first-order chi connectivity index (χ1) is 6.27. The molecule has 2 aromatic heterocycles. The van der Waals surface area contributed by atoms with Crippen LogP contribution in [-0.4, -0.2) is 9.97 Å². The fourth-order valence-corrected chi connectivity index (χ4v) is 1.23. The van der Waals surface area contributed by atoms with Gasteiger partial charge in [0, 0.05) is 12.4 Å². The van der Waals surface area contributed by atoms with Gasteiger partial charge in [0.1, 0.15) is 5.76 Å². The predicted molar refractivity (Wildman–Crippen MR) is 49.5 cm³/mol. The predicted octanol–water partition coefficient (Wildman–Crippen LogP) is 2.70. The van der Waals surface area contributed by atoms with E-state index in [0.29, 0.717) is 10.9 Å². The van der Waals surface area contributed by atoms with Crippen molar-refractivity contribution in [3.63, 3.8) is 0 Å². The highest BCUT2D eigenvalue weighted by Gasteiger charge is 2.07. The van der Waals surface area contributed by atoms with Gasteiger partial charge in [-0.05, 0) is 13.0 Å². The summed E-state index contributed by atoms with van der Waals surface area (Å²) in [5.41, 5.74) is 0.768. The van der Waals surface area contributed by atoms with Gasteiger partial charge < -0.3 is 4.42 Å². The van der Waals surface area contributed by atoms with Crippen molar-refractivity contribution in [2.24, 2.45) is 0 Å². The van der Waals surface area contributed by atoms with E-state index in [-0.39, 0.29) is 0 Å². The quantitative estimate of drug-likeness (QED) is 0.701. The van der Waals surface area contributed by atoms with Gasteiger partial charge >= 0.3 is 0 Å². The van der Waals surface area contributed by atoms with Crippen molar-refractivity contribution in [3.8, 4) is 11.5 Å². The molecule has 0 saturated carbocycles. The standard InChI is InChI=1S/C9H7ClN2O/c1-6-4-12-9(13-6)7-2-3-11-5-8(7)10/h2-5H,1H3. The van der Waals surface area contributed by atoms with E-state index < -0.39 is 0 Å². The Morgan fingerprint density at radius 2 is 2.23 bits per heavy atom. The Hall–Kier alpha value is -1.35. The van der Waals surface area contributed by atoms with E-state index in [1.165, 1.54) is 0 Å². The number of oxazole rings is 1. The van der Waals surface area contributed by atoms with Gasteiger partial charge in [-0.15, -0.1) is 0 Å². The molecule has 0 aromatic carbocycles. The Labute approximate surface area is 80.4 Å². The lowest BCUT2D eigenvalue weighted by molar-refractivity contribution is 0.542. The molecule has 0 radical (unpaired) electrons. The van der Waals surface area contributed by atoms with Crippen molar-refractivity contribution in [1.82, 2.24) is 9.97 Å². The summed E-state index contributed by atoms with van der Waals surface area (Å²) in [4.78, 5) is 7.94. The third kappa shape index (κ3) is 1.55. The highest BCUT2D eigenvalue weighted by Crippen LogP contribution is 2.25. The minimum Gasteiger partial charge on any atom is -0.441 e. The van der Waals surface area contributed by atoms with Crippen LogP contribution in [0.25, 0.3) is 11.5 Å². The molecule has 4 heteroatoms. The number of aromatic nitrogens is 2. The number of halogens is 1. The number of hydrogen-bond donors (Lipinski definition) is 0. The zero-order chi connectivity index (χ0) is 9.26. The minimum absolute atomic E-state index is 0.532. The molecule has 66 valence electrons. The first-order valence-electron chi connectivity index (χ1n) is 3.79. The average molecular weight is 195 g/mol. The number of nitrogens with zero attached hydrogens (tertiary/aromatic N) is 2. The number of hydrogen-bond acceptors (Lipinski definition) is 3. The van der Waals surface area contributed by atoms with Gasteiger partial charge in [-0.25, -0.2) is 4.98 Å². The molecule has 0 aliphatic heterocycles. The molecule has 0 N–H and O–H groups in total. The van der Waals surface area contributed by atoms with Crippen LogP contribution in [-0.2, 0) is 0 Å². The van der Waals surface area contributed by atoms with Crippen LogP contribution in [0.2, 0.25) is 5.02 Å². The molecule has 0 fully saturated rings. The number of rotatable bonds is 1. The first kappa shape index (κ1) is 8.26. The van der Waals surface area contributed by atoms with Crippen LogP contribution >= 0.6 is 11.6 Å². The Morgan fingerprint density at radius 1 is 1.38 bits per heavy atom. The van der Waals surface area contributed by atoms with Crippen molar-refractivity contribution in [2.75, 3.05) is 0 Å². The third-order valence-electron chi connectivity index (χ3n) is 1.62. The molecule has 3 nitrogen and oxygen atoms in total. The molecule has 0 amide bonds. The van der Waals surface area contributed by atoms with Gasteiger partial charge in [0.05, 0.1) is 16.8 Å². The topological polar surface area (TPSA) is 38.9 Å². The van der Waals surface area contributed by atoms with E-state index in [1.54, 1.807) is 24.7 Å². The van der Waals surface area contributed by atoms with Gasteiger partial charge in [-0.2, -0.15) is 0 Å². The van der Waals surface area contributed by atoms with Crippen LogP contribution in [0, 0.1) is 6.92 Å². The molecule has 2 rings (SSSR count). The Bertz CT molecular complexity index is 425. The molecule has 0 unspecified atom stereocenters. The van der Waals surface area contributed by atoms with Crippen molar-refractivity contribution < 1.29 is 4.42 Å². The van der Waals surface area contributed by atoms with Crippen LogP contribution < -0.4 is 0 Å². The van der Waals surface area contributed by atoms with Crippen LogP contribution in [0.15, 0.2) is 29.1 Å². The maximum atomic E-state index is 5.91. The second-order valence-corrected chi connectivity index (χ2v) is 3.04. The SMILES string of the molecule is Cc1cnc(-c2ccncc2Cl)o1. The van der Waals surface area contributed by atoms with E-state index >= 15 is 0 Å². The molecule has 0 aliphatic carbocycles. The van der Waals surface area contributed by atoms with Gasteiger partial charge in [0.15, 0.2) is 0 Å². The van der Waals surface area contributed by atoms with Crippen molar-refractivity contribution >= 4 is 11.6 Å². The lowest BCUT2D eigenvalue weighted by Crippen LogP contribution is -1.79. The molecule has 0 aliphatic rings. The van der Waals surface area contributed by atoms with E-state index in [2.05, 4.69) is 9.97 Å². The molecule has 0 atom stereocenters. The number of pyridine rings is 1. The highest BCUT2D eigenvalue weighted by molar-refractivity contribution is 6.32. The van der Waals surface area contributed by atoms with Crippen LogP contribution in [0.5, 0.6) is 0 Å². The van der Waals surface area contributed by atoms with E-state index in [9.17, 15) is 0 Å². The highest BCUT2D eigenvalue weighted by atomic mass is 35.5. The molecule has 0 saturated heterocycles. The Kier molecular flexibility index (Phi) is 2.02. The molecule has 2 aromatic rings. The minimum atomic E-state index is 0.532. The summed E-state index contributed by atoms with van der Waals surface area (Å²) in [5, 5.41) is 0.546. The van der Waals surface area contributed by atoms with Crippen LogP contribution in [0.3, 0.4) is 0 Å². The van der Waals surface area contributed by atoms with Gasteiger partial charge in [-0.3, -0.25) is 4.98 Å². The zero-order valence-corrected chi connectivity index (χ0v) is 7.75. The summed E-state index contributed by atoms with van der Waals surface area (Å²) in [7, 11) is 0. The summed E-state index contributed by atoms with van der Waals surface area (Å²) in [6, 6.07) is 1.77. The van der Waals surface area contributed by atoms with Crippen LogP contribution in [0.4, 0.5) is 0 Å². The molecular formula is C9H7ClN2O. The third-order valence-corrected chi connectivity index (χ3v) is 1.93. The first-order valence-corrected chi connectivity index (χ1v) is 4.17. The lowest BCUT2D eigenvalue weighted by Gasteiger charge is -1.96. The second-order valence-electron chi connectivity index (χ2n) is 2.63. The average Bonchev–Trinajstić information content (AvgIpc) is 2.53. The second kappa shape index (κ2) is 3.18. The van der Waals surface area contributed by atoms with Gasteiger partial charge in [0.25, 0.3) is 0 Å². The van der Waals surface area contributed by atoms with Gasteiger partial charge in [-0.1, -0.05) is 11.6 Å². The fourth-order valence-electron chi connectivity index (χ4n) is 1.03. The fraction of sp³-hybridized carbons (Fsp3) is 0.111. The maximum absolute atomic E-state index is 5.91. The molecule has 0 bridgehead atoms. The number of aryl methyl sites for hydroxylation is 1. The summed E-state index contributed by atoms with van der Waals surface area (Å²) in [6.07, 6.45) is 4.88. The van der Waals surface area contributed by atoms with E-state index in [1.807, 2.05) is 6.92 Å². The Balaban J connectivity index is 2.52. The van der Waals surface area contributed by atoms with Crippen LogP contribution in [0.1, 0.15) is 5.76 Å². The largest absolute Gasteiger partial charge is 0.441 e. The molecule has 2 heterocycles. The molecule has 0 spiro atoms. The summed E-state index contributed by atoms with van der Waals surface area (Å²) in [6.45, 7) is 1.84. The summed E-state index contributed by atoms with van der Waals surface area (Å²) in [5.74, 6) is 1.30. The maximum Gasteiger partial charge on any atom is 0.227 e. The van der Waals surface area contributed by atoms with E-state index in [0.717, 1.165) is 11.3 Å². The Morgan fingerprint density at radius 3 is 2.85 bits per heavy atom. The zero-order valence-electron chi connectivity index (χ0n) is 6.99. The summed E-state index contributed by atoms with van der Waals surface area (Å²) < 4.78 is 5.33. The van der Waals surface area contributed by atoms with Crippen molar-refractivity contribution in [1.29, 1.82) is 0 Å². The van der Waals surface area contributed by atoms with Crippen molar-refractivity contribution in [3.05, 3.63) is 35.4 Å². The van der Waals surface area contributed by atoms with Crippen molar-refractivity contribution in [2.45, 2.75) is 6.92 Å². The monoisotopic (exact) mass is 194 g/mol. The smallest absolute Gasteiger partial charge is 0.227 e. The molecular weight excluding hydrogens is 188 g/mol. The normalized spacial score (nSPS) is 10.3. The molecule has 13 heavy (non-hydrogen) atoms. The van der Waals surface area contributed by atoms with E-state index in [4.69, 9.17) is 16.0 Å².